The number of ether oxygens (including phenoxy) is 2. The lowest BCUT2D eigenvalue weighted by Crippen LogP contribution is -2.35. The van der Waals surface area contributed by atoms with E-state index in [4.69, 9.17) is 21.1 Å². The summed E-state index contributed by atoms with van der Waals surface area (Å²) in [5.74, 6) is -0.0759. The molecule has 0 bridgehead atoms. The third-order valence-electron chi connectivity index (χ3n) is 7.83. The van der Waals surface area contributed by atoms with E-state index >= 15 is 0 Å². The molecule has 0 saturated heterocycles. The van der Waals surface area contributed by atoms with Gasteiger partial charge in [-0.15, -0.1) is 0 Å². The molecule has 11 heteroatoms. The highest BCUT2D eigenvalue weighted by molar-refractivity contribution is 7.90. The number of amides is 2. The van der Waals surface area contributed by atoms with Crippen LogP contribution in [0.25, 0.3) is 10.9 Å². The van der Waals surface area contributed by atoms with Gasteiger partial charge in [0.05, 0.1) is 17.2 Å². The van der Waals surface area contributed by atoms with Gasteiger partial charge in [0.2, 0.25) is 0 Å². The van der Waals surface area contributed by atoms with Crippen molar-refractivity contribution < 1.29 is 27.5 Å². The second kappa shape index (κ2) is 11.6. The average molecular weight is 624 g/mol. The van der Waals surface area contributed by atoms with Gasteiger partial charge in [0.25, 0.3) is 21.8 Å². The first kappa shape index (κ1) is 30.4. The van der Waals surface area contributed by atoms with Crippen LogP contribution < -0.4 is 19.5 Å². The van der Waals surface area contributed by atoms with Crippen molar-refractivity contribution in [2.24, 2.45) is 0 Å². The Hall–Kier alpha value is -4.02. The molecular weight excluding hydrogens is 590 g/mol. The second-order valence-electron chi connectivity index (χ2n) is 11.0. The molecule has 0 unspecified atom stereocenters. The van der Waals surface area contributed by atoms with E-state index in [1.54, 1.807) is 26.0 Å². The van der Waals surface area contributed by atoms with Crippen LogP contribution in [0.3, 0.4) is 0 Å². The SMILES string of the molecule is Cc1cc2c(cc1S(=O)(=O)NC(=O)c1ccc3c(C)c(C)n(CCCOc4cc(C)c(Cl)c(C)c4)c3c1)O[C@@H](C)C(=O)N2. The molecule has 1 atom stereocenters. The number of fused-ring (bicyclic) bond motifs is 2. The zero-order valence-electron chi connectivity index (χ0n) is 24.9. The van der Waals surface area contributed by atoms with E-state index in [1.165, 1.54) is 12.1 Å². The maximum absolute atomic E-state index is 13.3. The molecule has 1 aromatic heterocycles. The van der Waals surface area contributed by atoms with Crippen molar-refractivity contribution in [1.82, 2.24) is 9.29 Å². The zero-order valence-corrected chi connectivity index (χ0v) is 26.5. The molecule has 226 valence electrons. The number of hydrogen-bond acceptors (Lipinski definition) is 6. The first-order chi connectivity index (χ1) is 20.3. The summed E-state index contributed by atoms with van der Waals surface area (Å²) < 4.78 is 42.5. The van der Waals surface area contributed by atoms with Crippen molar-refractivity contribution in [3.63, 3.8) is 0 Å². The third-order valence-corrected chi connectivity index (χ3v) is 9.90. The Kier molecular flexibility index (Phi) is 8.20. The molecule has 0 radical (unpaired) electrons. The van der Waals surface area contributed by atoms with Crippen molar-refractivity contribution >= 4 is 50.0 Å². The molecule has 1 aliphatic heterocycles. The lowest BCUT2D eigenvalue weighted by molar-refractivity contribution is -0.122. The summed E-state index contributed by atoms with van der Waals surface area (Å²) in [4.78, 5) is 25.1. The molecular formula is C32H34ClN3O6S. The van der Waals surface area contributed by atoms with E-state index in [2.05, 4.69) is 14.6 Å². The van der Waals surface area contributed by atoms with Gasteiger partial charge in [-0.2, -0.15) is 0 Å². The average Bonchev–Trinajstić information content (AvgIpc) is 3.18. The fourth-order valence-corrected chi connectivity index (χ4v) is 6.68. The maximum atomic E-state index is 13.3. The minimum Gasteiger partial charge on any atom is -0.494 e. The van der Waals surface area contributed by atoms with Gasteiger partial charge >= 0.3 is 0 Å². The summed E-state index contributed by atoms with van der Waals surface area (Å²) in [6, 6.07) is 11.9. The number of aryl methyl sites for hydroxylation is 5. The number of nitrogens with one attached hydrogen (secondary N) is 2. The number of anilines is 1. The van der Waals surface area contributed by atoms with Crippen LogP contribution in [0.1, 0.15) is 51.7 Å². The molecule has 0 saturated carbocycles. The summed E-state index contributed by atoms with van der Waals surface area (Å²) in [5.41, 5.74) is 5.86. The van der Waals surface area contributed by atoms with E-state index < -0.39 is 22.0 Å². The Morgan fingerprint density at radius 1 is 1.05 bits per heavy atom. The third kappa shape index (κ3) is 5.94. The van der Waals surface area contributed by atoms with E-state index in [0.29, 0.717) is 30.8 Å². The Morgan fingerprint density at radius 2 is 1.74 bits per heavy atom. The molecule has 9 nitrogen and oxygen atoms in total. The lowest BCUT2D eigenvalue weighted by Gasteiger charge is -2.24. The van der Waals surface area contributed by atoms with Gasteiger partial charge in [0.15, 0.2) is 6.10 Å². The number of carbonyl (C=O) groups is 2. The molecule has 0 spiro atoms. The highest BCUT2D eigenvalue weighted by atomic mass is 35.5. The van der Waals surface area contributed by atoms with Crippen LogP contribution in [0, 0.1) is 34.6 Å². The second-order valence-corrected chi connectivity index (χ2v) is 13.0. The molecule has 0 aliphatic carbocycles. The maximum Gasteiger partial charge on any atom is 0.265 e. The molecule has 5 rings (SSSR count). The van der Waals surface area contributed by atoms with E-state index in [9.17, 15) is 18.0 Å². The number of nitrogens with zero attached hydrogens (tertiary/aromatic N) is 1. The number of benzene rings is 3. The van der Waals surface area contributed by atoms with E-state index in [-0.39, 0.29) is 22.1 Å². The molecule has 43 heavy (non-hydrogen) atoms. The smallest absolute Gasteiger partial charge is 0.265 e. The van der Waals surface area contributed by atoms with Gasteiger partial charge in [-0.3, -0.25) is 9.59 Å². The predicted molar refractivity (Wildman–Crippen MR) is 167 cm³/mol. The first-order valence-electron chi connectivity index (χ1n) is 13.9. The molecule has 2 heterocycles. The number of aromatic nitrogens is 1. The molecule has 3 aromatic carbocycles. The zero-order chi connectivity index (χ0) is 31.2. The fourth-order valence-electron chi connectivity index (χ4n) is 5.35. The molecule has 4 aromatic rings. The van der Waals surface area contributed by atoms with Crippen molar-refractivity contribution in [2.45, 2.75) is 65.5 Å². The fraction of sp³-hybridized carbons (Fsp3) is 0.312. The van der Waals surface area contributed by atoms with Crippen LogP contribution in [0.4, 0.5) is 5.69 Å². The summed E-state index contributed by atoms with van der Waals surface area (Å²) in [6.07, 6.45) is -0.0541. The largest absolute Gasteiger partial charge is 0.494 e. The Bertz CT molecular complexity index is 1870. The molecule has 2 amide bonds. The van der Waals surface area contributed by atoms with Gasteiger partial charge in [-0.05, 0) is 101 Å². The summed E-state index contributed by atoms with van der Waals surface area (Å²) in [5, 5.41) is 4.42. The number of sulfonamides is 1. The van der Waals surface area contributed by atoms with E-state index in [1.807, 2.05) is 45.9 Å². The predicted octanol–water partition coefficient (Wildman–Crippen LogP) is 6.14. The van der Waals surface area contributed by atoms with Crippen molar-refractivity contribution in [2.75, 3.05) is 11.9 Å². The van der Waals surface area contributed by atoms with Crippen LogP contribution >= 0.6 is 11.6 Å². The minimum absolute atomic E-state index is 0.106. The topological polar surface area (TPSA) is 116 Å². The standard InChI is InChI=1S/C32H34ClN3O6S/c1-17-14-26-28(42-22(6)31(37)34-26)16-29(17)43(39,40)35-32(38)23-8-9-25-20(4)21(5)36(27(25)15-23)10-7-11-41-24-12-18(2)30(33)19(3)13-24/h8-9,12-16,22H,7,10-11H2,1-6H3,(H,34,37)(H,35,38)/t22-/m0/s1. The Morgan fingerprint density at radius 3 is 2.44 bits per heavy atom. The monoisotopic (exact) mass is 623 g/mol. The number of carbonyl (C=O) groups excluding carboxylic acids is 2. The Labute approximate surface area is 256 Å². The van der Waals surface area contributed by atoms with Gasteiger partial charge < -0.3 is 19.4 Å². The number of rotatable bonds is 8. The van der Waals surface area contributed by atoms with Crippen LogP contribution in [0.15, 0.2) is 47.4 Å². The van der Waals surface area contributed by atoms with Crippen LogP contribution in [-0.4, -0.2) is 37.5 Å². The van der Waals surface area contributed by atoms with Crippen LogP contribution in [0.5, 0.6) is 11.5 Å². The minimum atomic E-state index is -4.25. The van der Waals surface area contributed by atoms with Gasteiger partial charge in [0, 0.05) is 39.8 Å². The Balaban J connectivity index is 1.34. The summed E-state index contributed by atoms with van der Waals surface area (Å²) in [6.45, 7) is 12.2. The number of halogens is 1. The summed E-state index contributed by atoms with van der Waals surface area (Å²) in [7, 11) is -4.25. The first-order valence-corrected chi connectivity index (χ1v) is 15.8. The van der Waals surface area contributed by atoms with Crippen molar-refractivity contribution in [1.29, 1.82) is 0 Å². The van der Waals surface area contributed by atoms with E-state index in [0.717, 1.165) is 44.1 Å². The van der Waals surface area contributed by atoms with Crippen LogP contribution in [0.2, 0.25) is 5.02 Å². The van der Waals surface area contributed by atoms with Crippen molar-refractivity contribution in [3.05, 3.63) is 81.0 Å². The quantitative estimate of drug-likeness (QED) is 0.228. The molecule has 1 aliphatic rings. The van der Waals surface area contributed by atoms with Crippen molar-refractivity contribution in [3.8, 4) is 11.5 Å². The highest BCUT2D eigenvalue weighted by Gasteiger charge is 2.28. The highest BCUT2D eigenvalue weighted by Crippen LogP contribution is 2.34. The normalized spacial score (nSPS) is 14.7. The lowest BCUT2D eigenvalue weighted by atomic mass is 10.1. The summed E-state index contributed by atoms with van der Waals surface area (Å²) >= 11 is 6.27. The van der Waals surface area contributed by atoms with Gasteiger partial charge in [-0.1, -0.05) is 17.7 Å². The van der Waals surface area contributed by atoms with Gasteiger partial charge in [0.1, 0.15) is 11.5 Å². The van der Waals surface area contributed by atoms with Gasteiger partial charge in [-0.25, -0.2) is 13.1 Å². The number of hydrogen-bond donors (Lipinski definition) is 2. The molecule has 0 fully saturated rings. The van der Waals surface area contributed by atoms with Crippen LogP contribution in [-0.2, 0) is 21.4 Å². The molecule has 2 N–H and O–H groups in total.